The molecule has 1 aliphatic heterocycles. The minimum Gasteiger partial charge on any atom is -0.496 e. The van der Waals surface area contributed by atoms with Crippen LogP contribution in [-0.4, -0.2) is 31.6 Å². The van der Waals surface area contributed by atoms with Gasteiger partial charge >= 0.3 is 0 Å². The van der Waals surface area contributed by atoms with E-state index in [0.717, 1.165) is 0 Å². The summed E-state index contributed by atoms with van der Waals surface area (Å²) < 4.78 is 25.2. The molecule has 3 rings (SSSR count). The van der Waals surface area contributed by atoms with Crippen molar-refractivity contribution in [2.24, 2.45) is 11.7 Å². The van der Waals surface area contributed by atoms with Gasteiger partial charge in [-0.05, 0) is 30.2 Å². The number of fused-ring (bicyclic) bond motifs is 1. The summed E-state index contributed by atoms with van der Waals surface area (Å²) in [5.41, 5.74) is 5.43. The number of benzene rings is 2. The van der Waals surface area contributed by atoms with E-state index in [9.17, 15) is 14.0 Å². The van der Waals surface area contributed by atoms with Crippen molar-refractivity contribution >= 4 is 22.6 Å². The second-order valence-corrected chi connectivity index (χ2v) is 6.17. The van der Waals surface area contributed by atoms with Gasteiger partial charge in [0.1, 0.15) is 23.9 Å². The first-order chi connectivity index (χ1) is 11.9. The van der Waals surface area contributed by atoms with Gasteiger partial charge in [-0.2, -0.15) is 0 Å². The number of methoxy groups -OCH3 is 1. The van der Waals surface area contributed by atoms with E-state index >= 15 is 0 Å². The summed E-state index contributed by atoms with van der Waals surface area (Å²) in [5, 5.41) is 3.55. The van der Waals surface area contributed by atoms with Crippen molar-refractivity contribution in [3.05, 3.63) is 35.6 Å². The number of nitrogens with one attached hydrogen (secondary N) is 1. The fourth-order valence-corrected chi connectivity index (χ4v) is 3.03. The maximum absolute atomic E-state index is 14.2. The largest absolute Gasteiger partial charge is 0.496 e. The fourth-order valence-electron chi connectivity index (χ4n) is 3.03. The van der Waals surface area contributed by atoms with E-state index in [-0.39, 0.29) is 41.2 Å². The van der Waals surface area contributed by atoms with Crippen LogP contribution in [0.1, 0.15) is 23.7 Å². The average molecular weight is 346 g/mol. The molecular weight excluding hydrogens is 327 g/mol. The summed E-state index contributed by atoms with van der Waals surface area (Å²) in [7, 11) is 1.41. The van der Waals surface area contributed by atoms with Gasteiger partial charge in [0, 0.05) is 17.2 Å². The molecule has 6 nitrogen and oxygen atoms in total. The lowest BCUT2D eigenvalue weighted by molar-refractivity contribution is -0.119. The second kappa shape index (κ2) is 6.58. The molecule has 2 aromatic carbocycles. The third kappa shape index (κ3) is 3.22. The molecule has 3 N–H and O–H groups in total. The van der Waals surface area contributed by atoms with Crippen molar-refractivity contribution in [2.45, 2.75) is 19.4 Å². The van der Waals surface area contributed by atoms with Gasteiger partial charge in [-0.15, -0.1) is 0 Å². The Kier molecular flexibility index (Phi) is 4.48. The molecule has 0 aliphatic carbocycles. The van der Waals surface area contributed by atoms with Crippen LogP contribution in [0.4, 0.5) is 4.39 Å². The van der Waals surface area contributed by atoms with E-state index in [2.05, 4.69) is 5.32 Å². The van der Waals surface area contributed by atoms with Crippen LogP contribution in [0.3, 0.4) is 0 Å². The minimum absolute atomic E-state index is 0.00201. The lowest BCUT2D eigenvalue weighted by atomic mass is 10.0. The summed E-state index contributed by atoms with van der Waals surface area (Å²) >= 11 is 0. The van der Waals surface area contributed by atoms with Crippen molar-refractivity contribution in [3.63, 3.8) is 0 Å². The van der Waals surface area contributed by atoms with Crippen LogP contribution >= 0.6 is 0 Å². The van der Waals surface area contributed by atoms with E-state index < -0.39 is 11.7 Å². The molecule has 2 aromatic rings. The normalized spacial score (nSPS) is 19.7. The molecule has 2 amide bonds. The zero-order valence-corrected chi connectivity index (χ0v) is 14.0. The number of amides is 2. The van der Waals surface area contributed by atoms with Crippen LogP contribution in [0, 0.1) is 11.7 Å². The summed E-state index contributed by atoms with van der Waals surface area (Å²) in [6, 6.07) is 5.58. The van der Waals surface area contributed by atoms with Gasteiger partial charge < -0.3 is 20.5 Å². The Bertz CT molecular complexity index is 853. The molecule has 0 spiro atoms. The fraction of sp³-hybridized carbons (Fsp3) is 0.333. The molecular formula is C18H19FN2O4. The average Bonchev–Trinajstić information content (AvgIpc) is 2.90. The van der Waals surface area contributed by atoms with Gasteiger partial charge in [-0.25, -0.2) is 4.39 Å². The summed E-state index contributed by atoms with van der Waals surface area (Å²) in [6.07, 6.45) is 0.466. The van der Waals surface area contributed by atoms with E-state index in [1.807, 2.05) is 6.92 Å². The van der Waals surface area contributed by atoms with Crippen LogP contribution in [0.15, 0.2) is 24.3 Å². The van der Waals surface area contributed by atoms with Gasteiger partial charge in [0.05, 0.1) is 18.7 Å². The molecule has 1 saturated heterocycles. The molecule has 1 fully saturated rings. The second-order valence-electron chi connectivity index (χ2n) is 6.17. The number of carbonyl (C=O) groups excluding carboxylic acids is 2. The van der Waals surface area contributed by atoms with Gasteiger partial charge in [0.25, 0.3) is 5.91 Å². The van der Waals surface area contributed by atoms with Gasteiger partial charge in [0.2, 0.25) is 5.91 Å². The molecule has 7 heteroatoms. The molecule has 0 aromatic heterocycles. The first-order valence-corrected chi connectivity index (χ1v) is 7.93. The number of ether oxygens (including phenoxy) is 2. The quantitative estimate of drug-likeness (QED) is 0.866. The van der Waals surface area contributed by atoms with Crippen LogP contribution in [0.5, 0.6) is 11.5 Å². The molecule has 25 heavy (non-hydrogen) atoms. The zero-order chi connectivity index (χ0) is 18.1. The van der Waals surface area contributed by atoms with E-state index in [1.165, 1.54) is 31.4 Å². The van der Waals surface area contributed by atoms with E-state index in [4.69, 9.17) is 15.2 Å². The molecule has 0 saturated carbocycles. The van der Waals surface area contributed by atoms with Crippen molar-refractivity contribution in [3.8, 4) is 11.5 Å². The van der Waals surface area contributed by atoms with Gasteiger partial charge in [0.15, 0.2) is 0 Å². The summed E-state index contributed by atoms with van der Waals surface area (Å²) in [5.74, 6) is -0.341. The topological polar surface area (TPSA) is 90.7 Å². The first-order valence-electron chi connectivity index (χ1n) is 7.93. The Morgan fingerprint density at radius 3 is 2.68 bits per heavy atom. The number of carbonyl (C=O) groups is 2. The van der Waals surface area contributed by atoms with E-state index in [1.54, 1.807) is 0 Å². The highest BCUT2D eigenvalue weighted by Gasteiger charge is 2.29. The summed E-state index contributed by atoms with van der Waals surface area (Å²) in [6.45, 7) is 2.24. The van der Waals surface area contributed by atoms with Crippen LogP contribution in [-0.2, 0) is 4.79 Å². The third-order valence-corrected chi connectivity index (χ3v) is 4.47. The van der Waals surface area contributed by atoms with Crippen molar-refractivity contribution < 1.29 is 23.5 Å². The maximum Gasteiger partial charge on any atom is 0.252 e. The number of hydrogen-bond donors (Lipinski definition) is 2. The third-order valence-electron chi connectivity index (χ3n) is 4.47. The predicted molar refractivity (Wildman–Crippen MR) is 90.2 cm³/mol. The maximum atomic E-state index is 14.2. The highest BCUT2D eigenvalue weighted by molar-refractivity contribution is 6.02. The lowest BCUT2D eigenvalue weighted by Crippen LogP contribution is -2.34. The first kappa shape index (κ1) is 17.0. The number of hydrogen-bond acceptors (Lipinski definition) is 4. The smallest absolute Gasteiger partial charge is 0.252 e. The van der Waals surface area contributed by atoms with E-state index in [0.29, 0.717) is 17.6 Å². The van der Waals surface area contributed by atoms with Gasteiger partial charge in [-0.3, -0.25) is 9.59 Å². The number of nitrogens with two attached hydrogens (primary N) is 1. The van der Waals surface area contributed by atoms with Crippen LogP contribution in [0.2, 0.25) is 0 Å². The van der Waals surface area contributed by atoms with Crippen LogP contribution < -0.4 is 20.5 Å². The molecule has 0 bridgehead atoms. The summed E-state index contributed by atoms with van der Waals surface area (Å²) in [4.78, 5) is 23.0. The molecule has 132 valence electrons. The lowest BCUT2D eigenvalue weighted by Gasteiger charge is -2.18. The predicted octanol–water partition coefficient (Wildman–Crippen LogP) is 1.99. The Hall–Kier alpha value is -2.83. The zero-order valence-electron chi connectivity index (χ0n) is 14.0. The molecule has 1 heterocycles. The Morgan fingerprint density at radius 2 is 2.08 bits per heavy atom. The number of rotatable bonds is 5. The monoisotopic (exact) mass is 346 g/mol. The SMILES string of the molecule is COc1cc2c(OCC3NC(=O)CC3C)ccc(F)c2cc1C(N)=O. The molecule has 2 atom stereocenters. The highest BCUT2D eigenvalue weighted by atomic mass is 19.1. The number of halogens is 1. The molecule has 0 radical (unpaired) electrons. The highest BCUT2D eigenvalue weighted by Crippen LogP contribution is 2.34. The number of primary amides is 1. The van der Waals surface area contributed by atoms with Gasteiger partial charge in [-0.1, -0.05) is 6.92 Å². The Balaban J connectivity index is 1.97. The molecule has 1 aliphatic rings. The van der Waals surface area contributed by atoms with Crippen LogP contribution in [0.25, 0.3) is 10.8 Å². The standard InChI is InChI=1S/C18H19FN2O4/c1-9-5-17(22)21-14(9)8-25-15-4-3-13(19)10-6-12(18(20)23)16(24-2)7-11(10)15/h3-4,6-7,9,14H,5,8H2,1-2H3,(H2,20,23)(H,21,22). The Morgan fingerprint density at radius 1 is 1.32 bits per heavy atom. The van der Waals surface area contributed by atoms with Crippen molar-refractivity contribution in [1.29, 1.82) is 0 Å². The Labute approximate surface area is 144 Å². The minimum atomic E-state index is -0.702. The van der Waals surface area contributed by atoms with Crippen molar-refractivity contribution in [2.75, 3.05) is 13.7 Å². The van der Waals surface area contributed by atoms with Crippen molar-refractivity contribution in [1.82, 2.24) is 5.32 Å². The molecule has 2 unspecified atom stereocenters.